The number of hydrogen-bond acceptors (Lipinski definition) is 4. The molecule has 1 amide bonds. The van der Waals surface area contributed by atoms with Gasteiger partial charge >= 0.3 is 0 Å². The summed E-state index contributed by atoms with van der Waals surface area (Å²) in [5.74, 6) is -0.180. The molecule has 0 aromatic heterocycles. The summed E-state index contributed by atoms with van der Waals surface area (Å²) < 4.78 is 21.8. The van der Waals surface area contributed by atoms with Crippen LogP contribution in [0.2, 0.25) is 0 Å². The number of carbonyl (C=O) groups is 1. The number of nitrogens with one attached hydrogen (secondary N) is 1. The van der Waals surface area contributed by atoms with Crippen LogP contribution in [0.1, 0.15) is 26.7 Å². The van der Waals surface area contributed by atoms with E-state index >= 15 is 0 Å². The highest BCUT2D eigenvalue weighted by Gasteiger charge is 2.13. The molecular formula is C9H20N2O3S. The Labute approximate surface area is 91.3 Å². The Balaban J connectivity index is 3.87. The van der Waals surface area contributed by atoms with Gasteiger partial charge in [-0.1, -0.05) is 0 Å². The Bertz CT molecular complexity index is 298. The molecule has 0 saturated carbocycles. The highest BCUT2D eigenvalue weighted by Crippen LogP contribution is 1.95. The highest BCUT2D eigenvalue weighted by atomic mass is 32.2. The molecule has 0 heterocycles. The van der Waals surface area contributed by atoms with Crippen LogP contribution in [0.4, 0.5) is 0 Å². The summed E-state index contributed by atoms with van der Waals surface area (Å²) in [4.78, 5) is 11.3. The first kappa shape index (κ1) is 14.4. The van der Waals surface area contributed by atoms with Crippen molar-refractivity contribution < 1.29 is 13.2 Å². The minimum absolute atomic E-state index is 0.0130. The number of sulfone groups is 1. The van der Waals surface area contributed by atoms with E-state index in [9.17, 15) is 13.2 Å². The normalized spacial score (nSPS) is 15.7. The third kappa shape index (κ3) is 9.68. The maximum Gasteiger partial charge on any atom is 0.220 e. The van der Waals surface area contributed by atoms with Gasteiger partial charge in [-0.2, -0.15) is 0 Å². The molecule has 0 aliphatic carbocycles. The smallest absolute Gasteiger partial charge is 0.220 e. The van der Waals surface area contributed by atoms with Crippen LogP contribution in [-0.2, 0) is 14.6 Å². The van der Waals surface area contributed by atoms with E-state index in [0.717, 1.165) is 6.26 Å². The lowest BCUT2D eigenvalue weighted by Crippen LogP contribution is -2.37. The van der Waals surface area contributed by atoms with E-state index in [1.165, 1.54) is 0 Å². The fraction of sp³-hybridized carbons (Fsp3) is 0.889. The van der Waals surface area contributed by atoms with E-state index in [1.54, 1.807) is 6.92 Å². The first-order chi connectivity index (χ1) is 6.70. The van der Waals surface area contributed by atoms with Crippen LogP contribution in [0.5, 0.6) is 0 Å². The number of carbonyl (C=O) groups excluding carboxylic acids is 1. The van der Waals surface area contributed by atoms with E-state index in [0.29, 0.717) is 12.8 Å². The van der Waals surface area contributed by atoms with Gasteiger partial charge < -0.3 is 11.1 Å². The third-order valence-electron chi connectivity index (χ3n) is 1.79. The molecule has 0 bridgehead atoms. The molecule has 0 fully saturated rings. The van der Waals surface area contributed by atoms with E-state index in [2.05, 4.69) is 5.32 Å². The molecule has 2 atom stereocenters. The van der Waals surface area contributed by atoms with Gasteiger partial charge in [0.05, 0.1) is 5.75 Å². The predicted octanol–water partition coefficient (Wildman–Crippen LogP) is -0.337. The lowest BCUT2D eigenvalue weighted by Gasteiger charge is -2.13. The van der Waals surface area contributed by atoms with Gasteiger partial charge in [-0.25, -0.2) is 8.42 Å². The van der Waals surface area contributed by atoms with Gasteiger partial charge in [0.25, 0.3) is 0 Å². The molecule has 3 N–H and O–H groups in total. The molecule has 0 rings (SSSR count). The summed E-state index contributed by atoms with van der Waals surface area (Å²) in [6.07, 6.45) is 2.10. The second-order valence-corrected chi connectivity index (χ2v) is 6.26. The van der Waals surface area contributed by atoms with E-state index < -0.39 is 9.84 Å². The molecule has 0 spiro atoms. The largest absolute Gasteiger partial charge is 0.353 e. The molecule has 0 aromatic carbocycles. The van der Waals surface area contributed by atoms with Crippen molar-refractivity contribution in [3.8, 4) is 0 Å². The number of rotatable bonds is 6. The quantitative estimate of drug-likeness (QED) is 0.660. The standard InChI is InChI=1S/C9H20N2O3S/c1-7(10)4-5-9(12)11-8(2)6-15(3,13)14/h7-8H,4-6,10H2,1-3H3,(H,11,12). The zero-order valence-electron chi connectivity index (χ0n) is 9.49. The van der Waals surface area contributed by atoms with Crippen LogP contribution < -0.4 is 11.1 Å². The van der Waals surface area contributed by atoms with Gasteiger partial charge in [0, 0.05) is 24.8 Å². The molecule has 0 aliphatic heterocycles. The molecular weight excluding hydrogens is 216 g/mol. The van der Waals surface area contributed by atoms with Crippen molar-refractivity contribution in [3.05, 3.63) is 0 Å². The van der Waals surface area contributed by atoms with Crippen LogP contribution in [0.25, 0.3) is 0 Å². The Morgan fingerprint density at radius 1 is 1.40 bits per heavy atom. The van der Waals surface area contributed by atoms with E-state index in [4.69, 9.17) is 5.73 Å². The topological polar surface area (TPSA) is 89.3 Å². The first-order valence-electron chi connectivity index (χ1n) is 4.93. The molecule has 15 heavy (non-hydrogen) atoms. The molecule has 90 valence electrons. The lowest BCUT2D eigenvalue weighted by molar-refractivity contribution is -0.121. The van der Waals surface area contributed by atoms with Crippen molar-refractivity contribution in [1.29, 1.82) is 0 Å². The third-order valence-corrected chi connectivity index (χ3v) is 2.89. The summed E-state index contributed by atoms with van der Waals surface area (Å²) in [6.45, 7) is 3.50. The predicted molar refractivity (Wildman–Crippen MR) is 60.2 cm³/mol. The summed E-state index contributed by atoms with van der Waals surface area (Å²) in [7, 11) is -3.04. The molecule has 2 unspecified atom stereocenters. The van der Waals surface area contributed by atoms with Crippen molar-refractivity contribution >= 4 is 15.7 Å². The van der Waals surface area contributed by atoms with Gasteiger partial charge in [0.1, 0.15) is 9.84 Å². The SMILES string of the molecule is CC(N)CCC(=O)NC(C)CS(C)(=O)=O. The van der Waals surface area contributed by atoms with Crippen molar-refractivity contribution in [2.75, 3.05) is 12.0 Å². The highest BCUT2D eigenvalue weighted by molar-refractivity contribution is 7.90. The number of amides is 1. The Hall–Kier alpha value is -0.620. The molecule has 0 aliphatic rings. The number of nitrogens with two attached hydrogens (primary N) is 1. The van der Waals surface area contributed by atoms with Crippen molar-refractivity contribution in [3.63, 3.8) is 0 Å². The Kier molecular flexibility index (Phi) is 5.82. The van der Waals surface area contributed by atoms with Crippen molar-refractivity contribution in [1.82, 2.24) is 5.32 Å². The first-order valence-corrected chi connectivity index (χ1v) is 6.99. The van der Waals surface area contributed by atoms with Crippen LogP contribution in [0.15, 0.2) is 0 Å². The van der Waals surface area contributed by atoms with Gasteiger partial charge in [0.2, 0.25) is 5.91 Å². The van der Waals surface area contributed by atoms with Crippen LogP contribution in [0.3, 0.4) is 0 Å². The van der Waals surface area contributed by atoms with Crippen LogP contribution in [-0.4, -0.2) is 38.4 Å². The van der Waals surface area contributed by atoms with E-state index in [-0.39, 0.29) is 23.7 Å². The number of hydrogen-bond donors (Lipinski definition) is 2. The van der Waals surface area contributed by atoms with E-state index in [1.807, 2.05) is 6.92 Å². The van der Waals surface area contributed by atoms with Gasteiger partial charge in [0.15, 0.2) is 0 Å². The Morgan fingerprint density at radius 3 is 2.33 bits per heavy atom. The minimum Gasteiger partial charge on any atom is -0.353 e. The Morgan fingerprint density at radius 2 is 1.93 bits per heavy atom. The summed E-state index contributed by atoms with van der Waals surface area (Å²) >= 11 is 0. The van der Waals surface area contributed by atoms with Crippen molar-refractivity contribution in [2.45, 2.75) is 38.8 Å². The van der Waals surface area contributed by atoms with Gasteiger partial charge in [-0.05, 0) is 20.3 Å². The molecule has 0 radical (unpaired) electrons. The molecule has 0 aromatic rings. The molecule has 6 heteroatoms. The average Bonchev–Trinajstić information content (AvgIpc) is 1.96. The molecule has 0 saturated heterocycles. The summed E-state index contributed by atoms with van der Waals surface area (Å²) in [5, 5.41) is 2.62. The fourth-order valence-electron chi connectivity index (χ4n) is 1.20. The summed E-state index contributed by atoms with van der Waals surface area (Å²) in [6, 6.07) is -0.360. The second kappa shape index (κ2) is 6.07. The van der Waals surface area contributed by atoms with Gasteiger partial charge in [-0.15, -0.1) is 0 Å². The van der Waals surface area contributed by atoms with Crippen LogP contribution in [0, 0.1) is 0 Å². The molecule has 5 nitrogen and oxygen atoms in total. The monoisotopic (exact) mass is 236 g/mol. The lowest BCUT2D eigenvalue weighted by atomic mass is 10.2. The fourth-order valence-corrected chi connectivity index (χ4v) is 2.19. The maximum absolute atomic E-state index is 11.3. The minimum atomic E-state index is -3.04. The zero-order valence-corrected chi connectivity index (χ0v) is 10.3. The average molecular weight is 236 g/mol. The zero-order chi connectivity index (χ0) is 12.1. The van der Waals surface area contributed by atoms with Gasteiger partial charge in [-0.3, -0.25) is 4.79 Å². The van der Waals surface area contributed by atoms with Crippen molar-refractivity contribution in [2.24, 2.45) is 5.73 Å². The maximum atomic E-state index is 11.3. The second-order valence-electron chi connectivity index (χ2n) is 4.08. The van der Waals surface area contributed by atoms with Crippen LogP contribution >= 0.6 is 0 Å². The summed E-state index contributed by atoms with van der Waals surface area (Å²) in [5.41, 5.74) is 5.50.